The summed E-state index contributed by atoms with van der Waals surface area (Å²) in [6.45, 7) is 2.28. The van der Waals surface area contributed by atoms with Gasteiger partial charge in [0.25, 0.3) is 0 Å². The van der Waals surface area contributed by atoms with Gasteiger partial charge in [0, 0.05) is 31.1 Å². The Labute approximate surface area is 164 Å². The molecule has 1 saturated carbocycles. The number of aromatic nitrogens is 1. The number of fused-ring (bicyclic) bond motifs is 1. The van der Waals surface area contributed by atoms with Crippen molar-refractivity contribution in [2.45, 2.75) is 31.0 Å². The van der Waals surface area contributed by atoms with Crippen molar-refractivity contribution in [2.24, 2.45) is 11.8 Å². The van der Waals surface area contributed by atoms with Gasteiger partial charge in [-0.15, -0.1) is 0 Å². The average Bonchev–Trinajstić information content (AvgIpc) is 3.11. The summed E-state index contributed by atoms with van der Waals surface area (Å²) >= 11 is 6.27. The van der Waals surface area contributed by atoms with Gasteiger partial charge in [0.15, 0.2) is 0 Å². The molecule has 4 atom stereocenters. The first-order chi connectivity index (χ1) is 12.9. The van der Waals surface area contributed by atoms with E-state index < -0.39 is 11.7 Å². The van der Waals surface area contributed by atoms with Crippen LogP contribution in [0.1, 0.15) is 30.2 Å². The first-order valence-corrected chi connectivity index (χ1v) is 9.81. The minimum atomic E-state index is -0.691. The third-order valence-corrected chi connectivity index (χ3v) is 6.33. The highest BCUT2D eigenvalue weighted by molar-refractivity contribution is 6.31. The molecule has 27 heavy (non-hydrogen) atoms. The number of hydrogen-bond acceptors (Lipinski definition) is 5. The molecule has 1 aliphatic carbocycles. The Hall–Kier alpha value is -1.66. The van der Waals surface area contributed by atoms with Crippen LogP contribution in [-0.4, -0.2) is 50.4 Å². The summed E-state index contributed by atoms with van der Waals surface area (Å²) in [4.78, 5) is 6.35. The van der Waals surface area contributed by atoms with Crippen LogP contribution in [0.2, 0.25) is 5.02 Å². The number of aliphatic hydroxyl groups is 2. The van der Waals surface area contributed by atoms with Crippen molar-refractivity contribution in [1.29, 1.82) is 0 Å². The Balaban J connectivity index is 1.34. The molecule has 1 saturated heterocycles. The molecule has 1 unspecified atom stereocenters. The molecule has 5 nitrogen and oxygen atoms in total. The molecule has 4 rings (SSSR count). The second-order valence-electron chi connectivity index (χ2n) is 8.10. The molecule has 144 valence electrons. The molecular formula is C21H25ClN2O3. The van der Waals surface area contributed by atoms with Crippen molar-refractivity contribution in [2.75, 3.05) is 19.6 Å². The minimum Gasteiger partial charge on any atom is -0.506 e. The smallest absolute Gasteiger partial charge is 0.133 e. The molecule has 0 amide bonds. The predicted octanol–water partition coefficient (Wildman–Crippen LogP) is 2.79. The van der Waals surface area contributed by atoms with E-state index in [4.69, 9.17) is 11.6 Å². The third kappa shape index (κ3) is 4.11. The Kier molecular flexibility index (Phi) is 5.12. The monoisotopic (exact) mass is 388 g/mol. The maximum absolute atomic E-state index is 11.1. The van der Waals surface area contributed by atoms with Gasteiger partial charge < -0.3 is 15.3 Å². The maximum Gasteiger partial charge on any atom is 0.133 e. The van der Waals surface area contributed by atoms with E-state index in [1.54, 1.807) is 12.1 Å². The molecule has 3 N–H and O–H groups in total. The van der Waals surface area contributed by atoms with Crippen molar-refractivity contribution >= 4 is 11.6 Å². The van der Waals surface area contributed by atoms with Gasteiger partial charge in [-0.3, -0.25) is 9.88 Å². The van der Waals surface area contributed by atoms with Crippen LogP contribution in [0.15, 0.2) is 42.6 Å². The predicted molar refractivity (Wildman–Crippen MR) is 104 cm³/mol. The zero-order valence-corrected chi connectivity index (χ0v) is 15.9. The van der Waals surface area contributed by atoms with Gasteiger partial charge in [0.1, 0.15) is 11.9 Å². The lowest BCUT2D eigenvalue weighted by molar-refractivity contribution is 0.0327. The summed E-state index contributed by atoms with van der Waals surface area (Å²) in [5, 5.41) is 31.5. The van der Waals surface area contributed by atoms with Gasteiger partial charge in [0.2, 0.25) is 0 Å². The van der Waals surface area contributed by atoms with Crippen LogP contribution in [0, 0.1) is 11.8 Å². The second-order valence-corrected chi connectivity index (χ2v) is 8.50. The number of halogens is 1. The summed E-state index contributed by atoms with van der Waals surface area (Å²) < 4.78 is 0. The molecule has 6 heteroatoms. The molecule has 2 aromatic rings. The van der Waals surface area contributed by atoms with Crippen molar-refractivity contribution in [3.8, 4) is 5.75 Å². The van der Waals surface area contributed by atoms with Crippen LogP contribution in [0.5, 0.6) is 5.75 Å². The topological polar surface area (TPSA) is 76.8 Å². The lowest BCUT2D eigenvalue weighted by Crippen LogP contribution is -2.33. The van der Waals surface area contributed by atoms with Crippen LogP contribution in [0.3, 0.4) is 0 Å². The number of nitrogens with zero attached hydrogens (tertiary/aromatic N) is 2. The fourth-order valence-electron chi connectivity index (χ4n) is 4.78. The molecule has 0 bridgehead atoms. The highest BCUT2D eigenvalue weighted by Crippen LogP contribution is 2.46. The Morgan fingerprint density at radius 3 is 2.48 bits per heavy atom. The van der Waals surface area contributed by atoms with E-state index in [1.807, 2.05) is 24.3 Å². The van der Waals surface area contributed by atoms with Crippen molar-refractivity contribution in [1.82, 2.24) is 9.88 Å². The summed E-state index contributed by atoms with van der Waals surface area (Å²) in [5.41, 5.74) is 0.885. The van der Waals surface area contributed by atoms with E-state index in [2.05, 4.69) is 9.88 Å². The van der Waals surface area contributed by atoms with E-state index in [1.165, 1.54) is 6.20 Å². The summed E-state index contributed by atoms with van der Waals surface area (Å²) in [5.74, 6) is 0.981. The number of hydrogen-bond donors (Lipinski definition) is 3. The van der Waals surface area contributed by atoms with E-state index in [0.29, 0.717) is 35.5 Å². The number of β-amino-alcohol motifs (C(OH)–C–C–N with tert-alkyl or cyclic N) is 1. The largest absolute Gasteiger partial charge is 0.506 e. The highest BCUT2D eigenvalue weighted by atomic mass is 35.5. The third-order valence-electron chi connectivity index (χ3n) is 5.96. The zero-order chi connectivity index (χ0) is 19.0. The highest BCUT2D eigenvalue weighted by Gasteiger charge is 2.48. The lowest BCUT2D eigenvalue weighted by atomic mass is 9.91. The van der Waals surface area contributed by atoms with Gasteiger partial charge in [-0.1, -0.05) is 29.8 Å². The van der Waals surface area contributed by atoms with Crippen molar-refractivity contribution in [3.63, 3.8) is 0 Å². The molecule has 1 aliphatic heterocycles. The molecule has 0 spiro atoms. The van der Waals surface area contributed by atoms with Crippen molar-refractivity contribution < 1.29 is 15.3 Å². The first-order valence-electron chi connectivity index (χ1n) is 9.43. The molecular weight excluding hydrogens is 364 g/mol. The first kappa shape index (κ1) is 18.7. The standard InChI is InChI=1S/C21H25ClN2O3/c22-18-4-2-1-3-14(18)7-21(27)8-15-11-24(12-16(15)9-21)13-20(26)19-6-5-17(25)10-23-19/h1-6,10,15-16,20,25-27H,7-9,11-13H2/t15-,16+,20?,21+. The van der Waals surface area contributed by atoms with Crippen LogP contribution in [0.4, 0.5) is 0 Å². The summed E-state index contributed by atoms with van der Waals surface area (Å²) in [7, 11) is 0. The van der Waals surface area contributed by atoms with Crippen LogP contribution >= 0.6 is 11.6 Å². The average molecular weight is 389 g/mol. The van der Waals surface area contributed by atoms with E-state index in [9.17, 15) is 15.3 Å². The minimum absolute atomic E-state index is 0.0967. The molecule has 0 radical (unpaired) electrons. The quantitative estimate of drug-likeness (QED) is 0.734. The number of aliphatic hydroxyl groups excluding tert-OH is 1. The van der Waals surface area contributed by atoms with Crippen molar-refractivity contribution in [3.05, 3.63) is 58.9 Å². The van der Waals surface area contributed by atoms with E-state index in [-0.39, 0.29) is 5.75 Å². The SMILES string of the molecule is Oc1ccc(C(O)CN2C[C@@H]3C[C@](O)(Cc4ccccc4Cl)C[C@@H]3C2)nc1. The van der Waals surface area contributed by atoms with Crippen LogP contribution < -0.4 is 0 Å². The number of likely N-dealkylation sites (tertiary alicyclic amines) is 1. The van der Waals surface area contributed by atoms with E-state index in [0.717, 1.165) is 31.5 Å². The van der Waals surface area contributed by atoms with Gasteiger partial charge in [-0.2, -0.15) is 0 Å². The molecule has 1 aromatic carbocycles. The number of rotatable bonds is 5. The zero-order valence-electron chi connectivity index (χ0n) is 15.1. The molecule has 2 fully saturated rings. The molecule has 2 aliphatic rings. The lowest BCUT2D eigenvalue weighted by Gasteiger charge is -2.27. The fourth-order valence-corrected chi connectivity index (χ4v) is 4.98. The van der Waals surface area contributed by atoms with E-state index >= 15 is 0 Å². The Bertz CT molecular complexity index is 784. The normalized spacial score (nSPS) is 29.0. The second kappa shape index (κ2) is 7.40. The van der Waals surface area contributed by atoms with Crippen LogP contribution in [-0.2, 0) is 6.42 Å². The fraction of sp³-hybridized carbons (Fsp3) is 0.476. The Morgan fingerprint density at radius 2 is 1.85 bits per heavy atom. The van der Waals surface area contributed by atoms with Gasteiger partial charge in [-0.05, 0) is 48.4 Å². The summed E-state index contributed by atoms with van der Waals surface area (Å²) in [6, 6.07) is 10.9. The molecule has 1 aromatic heterocycles. The van der Waals surface area contributed by atoms with Crippen LogP contribution in [0.25, 0.3) is 0 Å². The number of aromatic hydroxyl groups is 1. The van der Waals surface area contributed by atoms with Gasteiger partial charge in [0.05, 0.1) is 17.5 Å². The Morgan fingerprint density at radius 1 is 1.15 bits per heavy atom. The molecule has 2 heterocycles. The van der Waals surface area contributed by atoms with Gasteiger partial charge in [-0.25, -0.2) is 0 Å². The number of benzene rings is 1. The number of pyridine rings is 1. The maximum atomic E-state index is 11.1. The summed E-state index contributed by atoms with van der Waals surface area (Å²) in [6.07, 6.45) is 2.82. The van der Waals surface area contributed by atoms with Gasteiger partial charge >= 0.3 is 0 Å².